The third-order valence-electron chi connectivity index (χ3n) is 5.71. The van der Waals surface area contributed by atoms with Crippen molar-refractivity contribution < 1.29 is 19.4 Å². The van der Waals surface area contributed by atoms with Gasteiger partial charge < -0.3 is 20.1 Å². The van der Waals surface area contributed by atoms with Crippen molar-refractivity contribution in [1.82, 2.24) is 4.57 Å². The van der Waals surface area contributed by atoms with Gasteiger partial charge in [0.1, 0.15) is 6.67 Å². The molecule has 0 saturated heterocycles. The van der Waals surface area contributed by atoms with Crippen LogP contribution in [0.5, 0.6) is 0 Å². The summed E-state index contributed by atoms with van der Waals surface area (Å²) in [6.45, 7) is 3.29. The third-order valence-corrected chi connectivity index (χ3v) is 5.71. The van der Waals surface area contributed by atoms with Crippen LogP contribution < -0.4 is 5.32 Å². The highest BCUT2D eigenvalue weighted by atomic mass is 19.1. The lowest BCUT2D eigenvalue weighted by Gasteiger charge is -2.17. The summed E-state index contributed by atoms with van der Waals surface area (Å²) in [5, 5.41) is 22.9. The van der Waals surface area contributed by atoms with Gasteiger partial charge in [-0.1, -0.05) is 61.9 Å². The molecule has 0 spiro atoms. The number of aliphatic hydroxyl groups excluding tert-OH is 2. The molecule has 0 bridgehead atoms. The minimum atomic E-state index is -0.730. The van der Waals surface area contributed by atoms with Crippen LogP contribution in [0.4, 0.5) is 10.1 Å². The molecule has 3 aromatic rings. The Labute approximate surface area is 194 Å². The number of carbonyl (C=O) groups excluding carboxylic acids is 1. The molecule has 3 rings (SSSR count). The van der Waals surface area contributed by atoms with Gasteiger partial charge in [-0.25, -0.2) is 4.39 Å². The molecule has 0 aliphatic carbocycles. The van der Waals surface area contributed by atoms with E-state index < -0.39 is 18.9 Å². The predicted molar refractivity (Wildman–Crippen MR) is 130 cm³/mol. The summed E-state index contributed by atoms with van der Waals surface area (Å²) in [5.41, 5.74) is 3.73. The van der Waals surface area contributed by atoms with E-state index in [4.69, 9.17) is 0 Å². The predicted octanol–water partition coefficient (Wildman–Crippen LogP) is 5.35. The molecule has 0 radical (unpaired) electrons. The van der Waals surface area contributed by atoms with Crippen molar-refractivity contribution in [3.05, 3.63) is 77.6 Å². The fourth-order valence-corrected chi connectivity index (χ4v) is 4.29. The van der Waals surface area contributed by atoms with Crippen molar-refractivity contribution in [3.8, 4) is 11.1 Å². The molecule has 6 heteroatoms. The molecule has 0 aliphatic heterocycles. The number of para-hydroxylation sites is 1. The minimum Gasteiger partial charge on any atom is -0.393 e. The van der Waals surface area contributed by atoms with Crippen molar-refractivity contribution in [2.75, 3.05) is 5.32 Å². The molecule has 176 valence electrons. The van der Waals surface area contributed by atoms with Crippen LogP contribution >= 0.6 is 0 Å². The molecule has 0 saturated carbocycles. The molecule has 1 heterocycles. The molecule has 2 aromatic carbocycles. The fourth-order valence-electron chi connectivity index (χ4n) is 4.29. The molecule has 1 aromatic heterocycles. The third kappa shape index (κ3) is 6.09. The molecule has 1 amide bonds. The van der Waals surface area contributed by atoms with E-state index in [0.29, 0.717) is 41.9 Å². The highest BCUT2D eigenvalue weighted by Gasteiger charge is 2.28. The van der Waals surface area contributed by atoms with Gasteiger partial charge in [0, 0.05) is 23.5 Å². The first-order valence-electron chi connectivity index (χ1n) is 11.5. The first-order valence-corrected chi connectivity index (χ1v) is 11.5. The Bertz CT molecular complexity index is 1030. The van der Waals surface area contributed by atoms with Crippen molar-refractivity contribution >= 4 is 11.6 Å². The largest absolute Gasteiger partial charge is 0.393 e. The van der Waals surface area contributed by atoms with E-state index in [1.54, 1.807) is 6.92 Å². The highest BCUT2D eigenvalue weighted by Crippen LogP contribution is 2.35. The summed E-state index contributed by atoms with van der Waals surface area (Å²) in [6.07, 6.45) is 0.665. The lowest BCUT2D eigenvalue weighted by molar-refractivity contribution is 0.0819. The van der Waals surface area contributed by atoms with Crippen LogP contribution in [0.3, 0.4) is 0 Å². The van der Waals surface area contributed by atoms with Crippen LogP contribution in [-0.2, 0) is 19.6 Å². The second kappa shape index (κ2) is 11.8. The van der Waals surface area contributed by atoms with Crippen LogP contribution in [0.1, 0.15) is 54.9 Å². The summed E-state index contributed by atoms with van der Waals surface area (Å²) in [4.78, 5) is 13.5. The van der Waals surface area contributed by atoms with Crippen LogP contribution in [-0.4, -0.2) is 32.9 Å². The van der Waals surface area contributed by atoms with Gasteiger partial charge in [0.25, 0.3) is 5.91 Å². The quantitative estimate of drug-likeness (QED) is 0.367. The first kappa shape index (κ1) is 24.7. The Morgan fingerprint density at radius 2 is 1.67 bits per heavy atom. The van der Waals surface area contributed by atoms with Crippen molar-refractivity contribution in [3.63, 3.8) is 0 Å². The molecule has 0 aliphatic rings. The Morgan fingerprint density at radius 1 is 1.03 bits per heavy atom. The molecule has 0 fully saturated rings. The van der Waals surface area contributed by atoms with E-state index >= 15 is 0 Å². The Morgan fingerprint density at radius 3 is 2.24 bits per heavy atom. The second-order valence-electron chi connectivity index (χ2n) is 8.39. The topological polar surface area (TPSA) is 74.5 Å². The molecule has 3 N–H and O–H groups in total. The number of alkyl halides is 1. The average Bonchev–Trinajstić information content (AvgIpc) is 3.12. The van der Waals surface area contributed by atoms with Gasteiger partial charge in [0.15, 0.2) is 0 Å². The summed E-state index contributed by atoms with van der Waals surface area (Å²) < 4.78 is 16.4. The number of benzene rings is 2. The number of hydrogen-bond acceptors (Lipinski definition) is 3. The van der Waals surface area contributed by atoms with Crippen LogP contribution in [0, 0.1) is 0 Å². The summed E-state index contributed by atoms with van der Waals surface area (Å²) in [6, 6.07) is 18.6. The zero-order valence-electron chi connectivity index (χ0n) is 19.3. The van der Waals surface area contributed by atoms with Gasteiger partial charge in [-0.05, 0) is 43.9 Å². The number of carbonyl (C=O) groups is 1. The van der Waals surface area contributed by atoms with Crippen molar-refractivity contribution in [2.24, 2.45) is 0 Å². The van der Waals surface area contributed by atoms with Crippen LogP contribution in [0.15, 0.2) is 60.7 Å². The van der Waals surface area contributed by atoms with E-state index in [2.05, 4.69) is 5.32 Å². The van der Waals surface area contributed by atoms with E-state index in [1.807, 2.05) is 72.2 Å². The molecular formula is C27H33FN2O3. The van der Waals surface area contributed by atoms with E-state index in [-0.39, 0.29) is 12.3 Å². The first-order chi connectivity index (χ1) is 16.0. The zero-order chi connectivity index (χ0) is 23.8. The Balaban J connectivity index is 2.11. The molecule has 0 unspecified atom stereocenters. The standard InChI is InChI=1S/C27H33FN2O3/c1-3-10-23-26(27(33)29-21-13-8-5-9-14-21)25(20-11-6-4-7-12-20)24(18-28)30(23)16-15-22(32)17-19(2)31/h4-9,11-14,19,22,31-32H,3,10,15-18H2,1-2H3,(H,29,33)/t19-,22+/m1/s1. The summed E-state index contributed by atoms with van der Waals surface area (Å²) in [5.74, 6) is -0.276. The SMILES string of the molecule is CCCc1c(C(=O)Nc2ccccc2)c(-c2ccccc2)c(CF)n1CC[C@H](O)C[C@@H](C)O. The lowest BCUT2D eigenvalue weighted by Crippen LogP contribution is -2.19. The number of aromatic nitrogens is 1. The number of halogens is 1. The minimum absolute atomic E-state index is 0.252. The van der Waals surface area contributed by atoms with Gasteiger partial charge in [-0.2, -0.15) is 0 Å². The summed E-state index contributed by atoms with van der Waals surface area (Å²) in [7, 11) is 0. The Kier molecular flexibility index (Phi) is 8.80. The number of nitrogens with one attached hydrogen (secondary N) is 1. The zero-order valence-corrected chi connectivity index (χ0v) is 19.3. The number of rotatable bonds is 11. The average molecular weight is 453 g/mol. The van der Waals surface area contributed by atoms with Gasteiger partial charge in [0.05, 0.1) is 23.5 Å². The van der Waals surface area contributed by atoms with Crippen LogP contribution in [0.25, 0.3) is 11.1 Å². The fraction of sp³-hybridized carbons (Fsp3) is 0.370. The number of aliphatic hydroxyl groups is 2. The van der Waals surface area contributed by atoms with E-state index in [0.717, 1.165) is 17.7 Å². The maximum Gasteiger partial charge on any atom is 0.258 e. The molecular weight excluding hydrogens is 419 g/mol. The van der Waals surface area contributed by atoms with Crippen molar-refractivity contribution in [1.29, 1.82) is 0 Å². The van der Waals surface area contributed by atoms with Gasteiger partial charge in [-0.15, -0.1) is 0 Å². The normalized spacial score (nSPS) is 13.0. The lowest BCUT2D eigenvalue weighted by atomic mass is 9.98. The smallest absolute Gasteiger partial charge is 0.258 e. The van der Waals surface area contributed by atoms with Gasteiger partial charge in [0.2, 0.25) is 0 Å². The van der Waals surface area contributed by atoms with Gasteiger partial charge in [-0.3, -0.25) is 4.79 Å². The Hall–Kier alpha value is -2.96. The van der Waals surface area contributed by atoms with Gasteiger partial charge >= 0.3 is 0 Å². The second-order valence-corrected chi connectivity index (χ2v) is 8.39. The van der Waals surface area contributed by atoms with Crippen LogP contribution in [0.2, 0.25) is 0 Å². The number of nitrogens with zero attached hydrogens (tertiary/aromatic N) is 1. The van der Waals surface area contributed by atoms with E-state index in [1.165, 1.54) is 0 Å². The summed E-state index contributed by atoms with van der Waals surface area (Å²) >= 11 is 0. The maximum absolute atomic E-state index is 14.5. The number of hydrogen-bond donors (Lipinski definition) is 3. The number of amides is 1. The molecule has 5 nitrogen and oxygen atoms in total. The number of anilines is 1. The van der Waals surface area contributed by atoms with Crippen molar-refractivity contribution in [2.45, 2.75) is 65.0 Å². The molecule has 33 heavy (non-hydrogen) atoms. The maximum atomic E-state index is 14.5. The molecule has 2 atom stereocenters. The highest BCUT2D eigenvalue weighted by molar-refractivity contribution is 6.10. The van der Waals surface area contributed by atoms with E-state index in [9.17, 15) is 19.4 Å². The monoisotopic (exact) mass is 452 g/mol.